The molecule has 0 unspecified atom stereocenters. The van der Waals surface area contributed by atoms with Crippen molar-refractivity contribution in [2.75, 3.05) is 0 Å². The maximum atomic E-state index is 5.72. The number of halogens is 1. The summed E-state index contributed by atoms with van der Waals surface area (Å²) >= 11 is 5.72. The molecule has 5 heteroatoms. The highest BCUT2D eigenvalue weighted by molar-refractivity contribution is 6.16. The van der Waals surface area contributed by atoms with Crippen LogP contribution in [0.15, 0.2) is 42.9 Å². The van der Waals surface area contributed by atoms with Gasteiger partial charge in [-0.05, 0) is 24.3 Å². The smallest absolute Gasteiger partial charge is 0.0908 e. The second-order valence-electron chi connectivity index (χ2n) is 3.61. The number of hydrogen-bond donors (Lipinski definition) is 0. The molecule has 3 rings (SSSR count). The van der Waals surface area contributed by atoms with Crippen LogP contribution in [0.5, 0.6) is 0 Å². The summed E-state index contributed by atoms with van der Waals surface area (Å²) in [6.45, 7) is 0. The molecule has 84 valence electrons. The molecule has 0 amide bonds. The fourth-order valence-corrected chi connectivity index (χ4v) is 1.81. The molecule has 0 saturated heterocycles. The summed E-state index contributed by atoms with van der Waals surface area (Å²) in [7, 11) is 0. The SMILES string of the molecule is ClCc1ccn(-c2ccc3nccnc3c2)n1. The normalized spacial score (nSPS) is 10.9. The largest absolute Gasteiger partial charge is 0.253 e. The Balaban J connectivity index is 2.11. The van der Waals surface area contributed by atoms with Crippen LogP contribution in [0, 0.1) is 0 Å². The standard InChI is InChI=1S/C12H9ClN4/c13-8-9-3-6-17(16-9)10-1-2-11-12(7-10)15-5-4-14-11/h1-7H,8H2. The fraction of sp³-hybridized carbons (Fsp3) is 0.0833. The van der Waals surface area contributed by atoms with Gasteiger partial charge in [0, 0.05) is 18.6 Å². The van der Waals surface area contributed by atoms with Gasteiger partial charge in [0.2, 0.25) is 0 Å². The van der Waals surface area contributed by atoms with Crippen LogP contribution in [0.1, 0.15) is 5.69 Å². The molecule has 2 aromatic heterocycles. The summed E-state index contributed by atoms with van der Waals surface area (Å²) in [6, 6.07) is 7.74. The third-order valence-corrected chi connectivity index (χ3v) is 2.77. The number of aromatic nitrogens is 4. The van der Waals surface area contributed by atoms with Crippen LogP contribution in [-0.2, 0) is 5.88 Å². The highest BCUT2D eigenvalue weighted by Crippen LogP contribution is 2.14. The lowest BCUT2D eigenvalue weighted by Crippen LogP contribution is -1.96. The molecule has 0 saturated carbocycles. The van der Waals surface area contributed by atoms with E-state index < -0.39 is 0 Å². The minimum absolute atomic E-state index is 0.417. The number of benzene rings is 1. The van der Waals surface area contributed by atoms with Gasteiger partial charge in [-0.3, -0.25) is 9.97 Å². The van der Waals surface area contributed by atoms with Gasteiger partial charge in [0.1, 0.15) is 0 Å². The Hall–Kier alpha value is -1.94. The van der Waals surface area contributed by atoms with Gasteiger partial charge < -0.3 is 0 Å². The van der Waals surface area contributed by atoms with E-state index in [1.165, 1.54) is 0 Å². The van der Waals surface area contributed by atoms with Crippen molar-refractivity contribution in [1.82, 2.24) is 19.7 Å². The zero-order chi connectivity index (χ0) is 11.7. The minimum Gasteiger partial charge on any atom is -0.253 e. The molecule has 0 aliphatic carbocycles. The Kier molecular flexibility index (Phi) is 2.49. The first-order valence-corrected chi connectivity index (χ1v) is 5.72. The van der Waals surface area contributed by atoms with Crippen LogP contribution in [0.2, 0.25) is 0 Å². The molecule has 1 aromatic carbocycles. The van der Waals surface area contributed by atoms with Crippen molar-refractivity contribution in [2.45, 2.75) is 5.88 Å². The first-order chi connectivity index (χ1) is 8.36. The van der Waals surface area contributed by atoms with Gasteiger partial charge in [-0.1, -0.05) is 0 Å². The van der Waals surface area contributed by atoms with E-state index in [9.17, 15) is 0 Å². The van der Waals surface area contributed by atoms with Crippen molar-refractivity contribution < 1.29 is 0 Å². The first-order valence-electron chi connectivity index (χ1n) is 5.18. The molecule has 0 aliphatic heterocycles. The van der Waals surface area contributed by atoms with E-state index in [2.05, 4.69) is 15.1 Å². The molecule has 0 aliphatic rings. The first kappa shape index (κ1) is 10.2. The maximum absolute atomic E-state index is 5.72. The van der Waals surface area contributed by atoms with Gasteiger partial charge in [-0.25, -0.2) is 4.68 Å². The van der Waals surface area contributed by atoms with Crippen molar-refractivity contribution >= 4 is 22.6 Å². The number of hydrogen-bond acceptors (Lipinski definition) is 3. The second kappa shape index (κ2) is 4.14. The highest BCUT2D eigenvalue weighted by atomic mass is 35.5. The van der Waals surface area contributed by atoms with Crippen LogP contribution in [-0.4, -0.2) is 19.7 Å². The van der Waals surface area contributed by atoms with Gasteiger partial charge in [0.25, 0.3) is 0 Å². The molecule has 0 atom stereocenters. The topological polar surface area (TPSA) is 43.6 Å². The predicted molar refractivity (Wildman–Crippen MR) is 66.2 cm³/mol. The Labute approximate surface area is 103 Å². The van der Waals surface area contributed by atoms with Crippen molar-refractivity contribution in [2.24, 2.45) is 0 Å². The molecule has 2 heterocycles. The fourth-order valence-electron chi connectivity index (χ4n) is 1.67. The molecule has 0 bridgehead atoms. The van der Waals surface area contributed by atoms with Gasteiger partial charge in [-0.15, -0.1) is 11.6 Å². The zero-order valence-electron chi connectivity index (χ0n) is 8.92. The van der Waals surface area contributed by atoms with Crippen LogP contribution >= 0.6 is 11.6 Å². The van der Waals surface area contributed by atoms with Crippen molar-refractivity contribution in [3.63, 3.8) is 0 Å². The molecule has 17 heavy (non-hydrogen) atoms. The average molecular weight is 245 g/mol. The quantitative estimate of drug-likeness (QED) is 0.651. The van der Waals surface area contributed by atoms with E-state index in [0.717, 1.165) is 22.4 Å². The number of rotatable bonds is 2. The van der Waals surface area contributed by atoms with Crippen LogP contribution in [0.25, 0.3) is 16.7 Å². The summed E-state index contributed by atoms with van der Waals surface area (Å²) < 4.78 is 1.78. The van der Waals surface area contributed by atoms with E-state index >= 15 is 0 Å². The molecule has 3 aromatic rings. The molecule has 0 spiro atoms. The van der Waals surface area contributed by atoms with Gasteiger partial charge in [-0.2, -0.15) is 5.10 Å². The Morgan fingerprint density at radius 2 is 1.88 bits per heavy atom. The number of fused-ring (bicyclic) bond motifs is 1. The summed E-state index contributed by atoms with van der Waals surface area (Å²) in [6.07, 6.45) is 5.25. The minimum atomic E-state index is 0.417. The molecular weight excluding hydrogens is 236 g/mol. The average Bonchev–Trinajstić information content (AvgIpc) is 2.87. The lowest BCUT2D eigenvalue weighted by molar-refractivity contribution is 0.859. The van der Waals surface area contributed by atoms with Crippen LogP contribution < -0.4 is 0 Å². The predicted octanol–water partition coefficient (Wildman–Crippen LogP) is 2.55. The Bertz CT molecular complexity index is 662. The van der Waals surface area contributed by atoms with Gasteiger partial charge in [0.15, 0.2) is 0 Å². The van der Waals surface area contributed by atoms with E-state index in [-0.39, 0.29) is 0 Å². The van der Waals surface area contributed by atoms with Crippen LogP contribution in [0.3, 0.4) is 0 Å². The zero-order valence-corrected chi connectivity index (χ0v) is 9.67. The third-order valence-electron chi connectivity index (χ3n) is 2.50. The number of alkyl halides is 1. The highest BCUT2D eigenvalue weighted by Gasteiger charge is 2.02. The summed E-state index contributed by atoms with van der Waals surface area (Å²) in [4.78, 5) is 8.49. The second-order valence-corrected chi connectivity index (χ2v) is 3.88. The Morgan fingerprint density at radius 3 is 2.65 bits per heavy atom. The van der Waals surface area contributed by atoms with Gasteiger partial charge >= 0.3 is 0 Å². The molecule has 0 fully saturated rings. The third kappa shape index (κ3) is 1.87. The van der Waals surface area contributed by atoms with Crippen molar-refractivity contribution in [1.29, 1.82) is 0 Å². The Morgan fingerprint density at radius 1 is 1.06 bits per heavy atom. The lowest BCUT2D eigenvalue weighted by atomic mass is 10.2. The van der Waals surface area contributed by atoms with Crippen LogP contribution in [0.4, 0.5) is 0 Å². The molecular formula is C12H9ClN4. The molecule has 0 N–H and O–H groups in total. The lowest BCUT2D eigenvalue weighted by Gasteiger charge is -2.02. The van der Waals surface area contributed by atoms with Gasteiger partial charge in [0.05, 0.1) is 28.3 Å². The number of nitrogens with zero attached hydrogens (tertiary/aromatic N) is 4. The van der Waals surface area contributed by atoms with Crippen molar-refractivity contribution in [3.05, 3.63) is 48.5 Å². The summed E-state index contributed by atoms with van der Waals surface area (Å²) in [5.41, 5.74) is 3.54. The van der Waals surface area contributed by atoms with E-state index in [1.807, 2.05) is 30.5 Å². The van der Waals surface area contributed by atoms with E-state index in [1.54, 1.807) is 17.1 Å². The maximum Gasteiger partial charge on any atom is 0.0908 e. The molecule has 0 radical (unpaired) electrons. The van der Waals surface area contributed by atoms with E-state index in [0.29, 0.717) is 5.88 Å². The monoisotopic (exact) mass is 244 g/mol. The van der Waals surface area contributed by atoms with E-state index in [4.69, 9.17) is 11.6 Å². The van der Waals surface area contributed by atoms with Crippen molar-refractivity contribution in [3.8, 4) is 5.69 Å². The molecule has 4 nitrogen and oxygen atoms in total. The summed E-state index contributed by atoms with van der Waals surface area (Å²) in [5.74, 6) is 0.417. The summed E-state index contributed by atoms with van der Waals surface area (Å²) in [5, 5.41) is 4.34.